The highest BCUT2D eigenvalue weighted by molar-refractivity contribution is 6.01. The van der Waals surface area contributed by atoms with Crippen LogP contribution in [0.5, 0.6) is 23.3 Å². The van der Waals surface area contributed by atoms with Gasteiger partial charge in [0.1, 0.15) is 28.8 Å². The van der Waals surface area contributed by atoms with Crippen molar-refractivity contribution in [2.45, 2.75) is 118 Å². The number of primary amides is 1. The third-order valence-corrected chi connectivity index (χ3v) is 10.2. The fourth-order valence-electron chi connectivity index (χ4n) is 7.17. The van der Waals surface area contributed by atoms with E-state index in [2.05, 4.69) is 16.0 Å². The van der Waals surface area contributed by atoms with Crippen LogP contribution in [0.1, 0.15) is 111 Å². The van der Waals surface area contributed by atoms with Gasteiger partial charge in [-0.2, -0.15) is 5.26 Å². The summed E-state index contributed by atoms with van der Waals surface area (Å²) in [4.78, 5) is 48.7. The minimum Gasteiger partial charge on any atom is -0.490 e. The Morgan fingerprint density at radius 1 is 0.698 bits per heavy atom. The number of carbonyl (C=O) groups excluding carboxylic acids is 3. The van der Waals surface area contributed by atoms with Gasteiger partial charge in [-0.05, 0) is 154 Å². The molecule has 63 heavy (non-hydrogen) atoms. The largest absolute Gasteiger partial charge is 0.490 e. The molecule has 4 aromatic rings. The number of likely N-dealkylation sites (tertiary alicyclic amines) is 2. The number of rotatable bonds is 11. The molecule has 3 amide bonds. The number of nitriles is 1. The molecule has 6 rings (SSSR count). The van der Waals surface area contributed by atoms with Crippen LogP contribution in [-0.2, 0) is 9.47 Å². The molecule has 15 nitrogen and oxygen atoms in total. The second-order valence-corrected chi connectivity index (χ2v) is 18.6. The molecule has 0 saturated carbocycles. The first-order chi connectivity index (χ1) is 29.7. The highest BCUT2D eigenvalue weighted by Gasteiger charge is 2.29. The topological polar surface area (TPSA) is 189 Å². The molecule has 0 spiro atoms. The lowest BCUT2D eigenvalue weighted by atomic mass is 9.98. The summed E-state index contributed by atoms with van der Waals surface area (Å²) >= 11 is 0. The monoisotopic (exact) mass is 868 g/mol. The summed E-state index contributed by atoms with van der Waals surface area (Å²) in [6.45, 7) is 22.5. The number of benzene rings is 2. The maximum absolute atomic E-state index is 12.2. The van der Waals surface area contributed by atoms with Gasteiger partial charge >= 0.3 is 12.2 Å². The van der Waals surface area contributed by atoms with Gasteiger partial charge in [-0.15, -0.1) is 0 Å². The summed E-state index contributed by atoms with van der Waals surface area (Å²) in [7, 11) is 0. The van der Waals surface area contributed by atoms with Crippen molar-refractivity contribution in [3.8, 4) is 29.3 Å². The van der Waals surface area contributed by atoms with E-state index in [1.807, 2.05) is 87.4 Å². The molecule has 0 atom stereocenters. The van der Waals surface area contributed by atoms with Crippen LogP contribution in [0.25, 0.3) is 21.5 Å². The molecule has 15 heteroatoms. The average molecular weight is 869 g/mol. The lowest BCUT2D eigenvalue weighted by molar-refractivity contribution is 0.0155. The van der Waals surface area contributed by atoms with Crippen molar-refractivity contribution in [1.82, 2.24) is 19.8 Å². The van der Waals surface area contributed by atoms with Crippen molar-refractivity contribution in [2.24, 2.45) is 17.6 Å². The van der Waals surface area contributed by atoms with Crippen LogP contribution in [0.3, 0.4) is 0 Å². The Balaban J connectivity index is 0.000000238. The van der Waals surface area contributed by atoms with Gasteiger partial charge in [0.15, 0.2) is 0 Å². The molecule has 0 aliphatic carbocycles. The molecule has 2 aromatic carbocycles. The summed E-state index contributed by atoms with van der Waals surface area (Å²) in [5, 5.41) is 12.7. The van der Waals surface area contributed by atoms with Crippen molar-refractivity contribution in [3.63, 3.8) is 0 Å². The van der Waals surface area contributed by atoms with Crippen molar-refractivity contribution in [2.75, 3.05) is 39.4 Å². The van der Waals surface area contributed by atoms with E-state index in [1.165, 1.54) is 0 Å². The van der Waals surface area contributed by atoms with E-state index in [-0.39, 0.29) is 24.4 Å². The van der Waals surface area contributed by atoms with Crippen LogP contribution < -0.4 is 24.7 Å². The third kappa shape index (κ3) is 14.0. The molecule has 0 bridgehead atoms. The second kappa shape index (κ2) is 20.9. The predicted octanol–water partition coefficient (Wildman–Crippen LogP) is 9.07. The van der Waals surface area contributed by atoms with Gasteiger partial charge in [0.2, 0.25) is 11.8 Å². The number of ether oxygens (including phenoxy) is 6. The van der Waals surface area contributed by atoms with Crippen molar-refractivity contribution in [3.05, 3.63) is 59.9 Å². The molecule has 0 radical (unpaired) electrons. The maximum atomic E-state index is 12.2. The quantitative estimate of drug-likeness (QED) is 0.151. The van der Waals surface area contributed by atoms with Crippen LogP contribution >= 0.6 is 0 Å². The van der Waals surface area contributed by atoms with E-state index in [9.17, 15) is 19.6 Å². The molecule has 2 N–H and O–H groups in total. The minimum absolute atomic E-state index is 0.0410. The smallest absolute Gasteiger partial charge is 0.410 e. The van der Waals surface area contributed by atoms with Gasteiger partial charge in [-0.25, -0.2) is 19.6 Å². The number of amides is 3. The van der Waals surface area contributed by atoms with Gasteiger partial charge in [-0.3, -0.25) is 4.79 Å². The van der Waals surface area contributed by atoms with Gasteiger partial charge < -0.3 is 44.0 Å². The second-order valence-electron chi connectivity index (χ2n) is 18.6. The highest BCUT2D eigenvalue weighted by atomic mass is 16.6. The zero-order chi connectivity index (χ0) is 46.1. The lowest BCUT2D eigenvalue weighted by Crippen LogP contribution is -2.42. The van der Waals surface area contributed by atoms with E-state index in [0.29, 0.717) is 85.6 Å². The molecule has 4 heterocycles. The molecule has 340 valence electrons. The number of hydrogen-bond donors (Lipinski definition) is 1. The molecule has 2 aliphatic heterocycles. The third-order valence-electron chi connectivity index (χ3n) is 10.2. The normalized spacial score (nSPS) is 15.1. The molecule has 2 fully saturated rings. The first kappa shape index (κ1) is 48.0. The van der Waals surface area contributed by atoms with Crippen LogP contribution in [0.2, 0.25) is 0 Å². The SMILES string of the molecule is CC(C)Oc1cc2c(OCC3CCN(C(=O)OC(C)(C)C)CC3)nccc2cc1C#N.CC(C)Oc1cc2c(OCC3CCN(C(=O)OC(C)(C)C)CC3)nccc2cc1C(N)=O. The van der Waals surface area contributed by atoms with E-state index in [0.717, 1.165) is 47.2 Å². The number of piperidine rings is 2. The van der Waals surface area contributed by atoms with Gasteiger partial charge in [0, 0.05) is 49.3 Å². The average Bonchev–Trinajstić information content (AvgIpc) is 3.20. The fourth-order valence-corrected chi connectivity index (χ4v) is 7.17. The van der Waals surface area contributed by atoms with Crippen molar-refractivity contribution in [1.29, 1.82) is 5.26 Å². The molecule has 2 aliphatic rings. The summed E-state index contributed by atoms with van der Waals surface area (Å²) in [6.07, 6.45) is 6.03. The van der Waals surface area contributed by atoms with Crippen LogP contribution in [0.4, 0.5) is 9.59 Å². The molecule has 0 unspecified atom stereocenters. The van der Waals surface area contributed by atoms with Gasteiger partial charge in [-0.1, -0.05) is 0 Å². The van der Waals surface area contributed by atoms with Crippen LogP contribution in [0.15, 0.2) is 48.8 Å². The fraction of sp³-hybridized carbons (Fsp3) is 0.542. The van der Waals surface area contributed by atoms with Crippen molar-refractivity contribution < 1.29 is 42.8 Å². The first-order valence-corrected chi connectivity index (χ1v) is 21.8. The lowest BCUT2D eigenvalue weighted by Gasteiger charge is -2.33. The van der Waals surface area contributed by atoms with E-state index >= 15 is 0 Å². The summed E-state index contributed by atoms with van der Waals surface area (Å²) in [6, 6.07) is 13.0. The Morgan fingerprint density at radius 3 is 1.51 bits per heavy atom. The van der Waals surface area contributed by atoms with Gasteiger partial charge in [0.25, 0.3) is 5.91 Å². The zero-order valence-electron chi connectivity index (χ0n) is 38.5. The standard InChI is InChI=1S/C24H33N3O5.C24H31N3O4/c1-15(2)31-20-13-18-17(12-19(20)21(25)28)6-9-26-22(18)30-14-16-7-10-27(11-8-16)23(29)32-24(3,4)5;1-16(2)30-21-13-20-18(12-19(21)14-25)6-9-26-22(20)29-15-17-7-10-27(11-8-17)23(28)31-24(3,4)5/h6,9,12-13,15-16H,7-8,10-11,14H2,1-5H3,(H2,25,28);6,9,12-13,16-17H,7-8,10-11,15H2,1-5H3. The molecule has 2 saturated heterocycles. The Kier molecular flexibility index (Phi) is 15.9. The number of pyridine rings is 2. The number of aromatic nitrogens is 2. The minimum atomic E-state index is -0.543. The molecule has 2 aromatic heterocycles. The Labute approximate surface area is 371 Å². The van der Waals surface area contributed by atoms with E-state index in [1.54, 1.807) is 40.4 Å². The van der Waals surface area contributed by atoms with Gasteiger partial charge in [0.05, 0.1) is 36.5 Å². The number of nitrogens with zero attached hydrogens (tertiary/aromatic N) is 5. The summed E-state index contributed by atoms with van der Waals surface area (Å²) in [5.74, 6) is 2.07. The Morgan fingerprint density at radius 2 is 1.11 bits per heavy atom. The number of nitrogens with two attached hydrogens (primary N) is 1. The first-order valence-electron chi connectivity index (χ1n) is 21.8. The number of hydrogen-bond acceptors (Lipinski definition) is 12. The number of fused-ring (bicyclic) bond motifs is 2. The van der Waals surface area contributed by atoms with E-state index < -0.39 is 17.1 Å². The van der Waals surface area contributed by atoms with E-state index in [4.69, 9.17) is 34.2 Å². The summed E-state index contributed by atoms with van der Waals surface area (Å²) in [5.41, 5.74) is 5.38. The Hall–Kier alpha value is -6.04. The maximum Gasteiger partial charge on any atom is 0.410 e. The molecular weight excluding hydrogens is 805 g/mol. The Bertz CT molecular complexity index is 2260. The predicted molar refractivity (Wildman–Crippen MR) is 240 cm³/mol. The highest BCUT2D eigenvalue weighted by Crippen LogP contribution is 2.34. The molecular formula is C48H64N6O9. The number of carbonyl (C=O) groups is 3. The van der Waals surface area contributed by atoms with Crippen molar-refractivity contribution >= 4 is 39.6 Å². The van der Waals surface area contributed by atoms with Crippen LogP contribution in [0, 0.1) is 23.2 Å². The zero-order valence-corrected chi connectivity index (χ0v) is 38.5. The summed E-state index contributed by atoms with van der Waals surface area (Å²) < 4.78 is 34.7. The van der Waals surface area contributed by atoms with Crippen LogP contribution in [-0.4, -0.2) is 101 Å².